The van der Waals surface area contributed by atoms with E-state index in [0.29, 0.717) is 18.4 Å². The minimum Gasteiger partial charge on any atom is -0.453 e. The molecule has 98 valence electrons. The first-order valence-corrected chi connectivity index (χ1v) is 6.81. The van der Waals surface area contributed by atoms with E-state index in [0.717, 1.165) is 13.0 Å². The zero-order valence-electron chi connectivity index (χ0n) is 10.5. The molecule has 0 aliphatic carbocycles. The van der Waals surface area contributed by atoms with Gasteiger partial charge in [0.2, 0.25) is 5.96 Å². The van der Waals surface area contributed by atoms with E-state index in [1.165, 1.54) is 17.6 Å². The molecule has 0 bridgehead atoms. The minimum atomic E-state index is -0.496. The van der Waals surface area contributed by atoms with Crippen molar-refractivity contribution in [3.63, 3.8) is 0 Å². The Morgan fingerprint density at radius 3 is 3.11 bits per heavy atom. The van der Waals surface area contributed by atoms with Crippen LogP contribution in [0.5, 0.6) is 0 Å². The molecule has 1 unspecified atom stereocenters. The van der Waals surface area contributed by atoms with Crippen LogP contribution in [0.15, 0.2) is 16.4 Å². The van der Waals surface area contributed by atoms with Crippen LogP contribution in [-0.2, 0) is 11.2 Å². The van der Waals surface area contributed by atoms with Gasteiger partial charge in [0.25, 0.3) is 0 Å². The quantitative estimate of drug-likeness (QED) is 0.857. The van der Waals surface area contributed by atoms with Crippen molar-refractivity contribution in [2.24, 2.45) is 4.99 Å². The Balaban J connectivity index is 1.94. The summed E-state index contributed by atoms with van der Waals surface area (Å²) < 4.78 is 4.51. The van der Waals surface area contributed by atoms with Crippen molar-refractivity contribution in [2.45, 2.75) is 19.3 Å². The van der Waals surface area contributed by atoms with Crippen LogP contribution in [0.3, 0.4) is 0 Å². The highest BCUT2D eigenvalue weighted by molar-refractivity contribution is 7.10. The summed E-state index contributed by atoms with van der Waals surface area (Å²) in [6, 6.07) is 2.24. The fraction of sp³-hybridized carbons (Fsp3) is 0.500. The lowest BCUT2D eigenvalue weighted by Gasteiger charge is -2.21. The van der Waals surface area contributed by atoms with Gasteiger partial charge in [0.1, 0.15) is 0 Å². The second-order valence-electron chi connectivity index (χ2n) is 4.09. The standard InChI is InChI=1S/C12H17N3O2S/c1-3-8-4-10(18-7-8)9-5-13-11(14-6-9)15-12(16)17-2/h4,7,9H,3,5-6H2,1-2H3,(H2,13,14,15,16). The smallest absolute Gasteiger partial charge is 0.413 e. The Hall–Kier alpha value is -1.56. The van der Waals surface area contributed by atoms with Crippen LogP contribution < -0.4 is 10.6 Å². The molecule has 1 aliphatic rings. The van der Waals surface area contributed by atoms with Crippen molar-refractivity contribution in [3.05, 3.63) is 21.9 Å². The third-order valence-electron chi connectivity index (χ3n) is 2.88. The number of hydrogen-bond donors (Lipinski definition) is 2. The van der Waals surface area contributed by atoms with Crippen LogP contribution in [0.4, 0.5) is 4.79 Å². The second kappa shape index (κ2) is 5.86. The average Bonchev–Trinajstić information content (AvgIpc) is 2.88. The van der Waals surface area contributed by atoms with Gasteiger partial charge in [0.05, 0.1) is 13.7 Å². The lowest BCUT2D eigenvalue weighted by atomic mass is 10.1. The van der Waals surface area contributed by atoms with Crippen molar-refractivity contribution in [3.8, 4) is 0 Å². The molecular weight excluding hydrogens is 250 g/mol. The van der Waals surface area contributed by atoms with Crippen molar-refractivity contribution in [1.82, 2.24) is 10.6 Å². The van der Waals surface area contributed by atoms with Gasteiger partial charge in [0, 0.05) is 17.3 Å². The Kier molecular flexibility index (Phi) is 4.19. The predicted molar refractivity (Wildman–Crippen MR) is 72.3 cm³/mol. The van der Waals surface area contributed by atoms with Gasteiger partial charge in [-0.15, -0.1) is 11.3 Å². The van der Waals surface area contributed by atoms with E-state index in [4.69, 9.17) is 0 Å². The number of ether oxygens (including phenoxy) is 1. The summed E-state index contributed by atoms with van der Waals surface area (Å²) >= 11 is 1.78. The lowest BCUT2D eigenvalue weighted by Crippen LogP contribution is -2.45. The summed E-state index contributed by atoms with van der Waals surface area (Å²) in [4.78, 5) is 16.7. The number of hydrogen-bond acceptors (Lipinski definition) is 5. The highest BCUT2D eigenvalue weighted by atomic mass is 32.1. The SMILES string of the molecule is CCc1csc(C2CN=C(NC(=O)OC)NC2)c1. The summed E-state index contributed by atoms with van der Waals surface area (Å²) in [6.45, 7) is 3.63. The summed E-state index contributed by atoms with van der Waals surface area (Å²) in [6.07, 6.45) is 0.568. The van der Waals surface area contributed by atoms with Gasteiger partial charge in [-0.3, -0.25) is 10.3 Å². The zero-order valence-corrected chi connectivity index (χ0v) is 11.3. The van der Waals surface area contributed by atoms with Crippen molar-refractivity contribution < 1.29 is 9.53 Å². The number of thiophene rings is 1. The molecule has 1 atom stereocenters. The number of nitrogens with one attached hydrogen (secondary N) is 2. The van der Waals surface area contributed by atoms with Gasteiger partial charge in [-0.05, 0) is 23.4 Å². The number of carbonyl (C=O) groups excluding carboxylic acids is 1. The molecule has 0 saturated heterocycles. The van der Waals surface area contributed by atoms with Crippen LogP contribution in [0.1, 0.15) is 23.3 Å². The van der Waals surface area contributed by atoms with Gasteiger partial charge in [-0.25, -0.2) is 4.79 Å². The number of guanidine groups is 1. The molecule has 0 spiro atoms. The van der Waals surface area contributed by atoms with Gasteiger partial charge >= 0.3 is 6.09 Å². The van der Waals surface area contributed by atoms with Crippen LogP contribution in [0, 0.1) is 0 Å². The molecule has 1 aliphatic heterocycles. The number of carbonyl (C=O) groups is 1. The van der Waals surface area contributed by atoms with E-state index in [-0.39, 0.29) is 0 Å². The number of alkyl carbamates (subject to hydrolysis) is 1. The fourth-order valence-electron chi connectivity index (χ4n) is 1.76. The van der Waals surface area contributed by atoms with Gasteiger partial charge in [-0.1, -0.05) is 6.92 Å². The zero-order chi connectivity index (χ0) is 13.0. The first-order chi connectivity index (χ1) is 8.72. The molecule has 0 fully saturated rings. The molecule has 2 N–H and O–H groups in total. The highest BCUT2D eigenvalue weighted by Gasteiger charge is 2.19. The largest absolute Gasteiger partial charge is 0.453 e. The minimum absolute atomic E-state index is 0.387. The average molecular weight is 267 g/mol. The number of aryl methyl sites for hydroxylation is 1. The van der Waals surface area contributed by atoms with Crippen molar-refractivity contribution in [1.29, 1.82) is 0 Å². The van der Waals surface area contributed by atoms with E-state index < -0.39 is 6.09 Å². The van der Waals surface area contributed by atoms with E-state index in [2.05, 4.69) is 38.7 Å². The molecule has 2 heterocycles. The van der Waals surface area contributed by atoms with E-state index in [9.17, 15) is 4.79 Å². The van der Waals surface area contributed by atoms with Crippen LogP contribution in [-0.4, -0.2) is 32.3 Å². The Bertz CT molecular complexity index is 456. The van der Waals surface area contributed by atoms with Gasteiger partial charge < -0.3 is 10.1 Å². The molecule has 1 amide bonds. The molecule has 0 radical (unpaired) electrons. The number of aliphatic imine (C=N–C) groups is 1. The normalized spacial score (nSPS) is 18.8. The highest BCUT2D eigenvalue weighted by Crippen LogP contribution is 2.25. The van der Waals surface area contributed by atoms with E-state index in [1.54, 1.807) is 11.3 Å². The van der Waals surface area contributed by atoms with Crippen LogP contribution in [0.25, 0.3) is 0 Å². The van der Waals surface area contributed by atoms with Gasteiger partial charge in [-0.2, -0.15) is 0 Å². The molecular formula is C12H17N3O2S. The Morgan fingerprint density at radius 2 is 2.56 bits per heavy atom. The second-order valence-corrected chi connectivity index (χ2v) is 5.04. The summed E-state index contributed by atoms with van der Waals surface area (Å²) in [5, 5.41) is 7.84. The molecule has 2 rings (SSSR count). The van der Waals surface area contributed by atoms with Crippen molar-refractivity contribution >= 4 is 23.4 Å². The molecule has 0 aromatic carbocycles. The number of amides is 1. The lowest BCUT2D eigenvalue weighted by molar-refractivity contribution is 0.176. The third kappa shape index (κ3) is 3.01. The fourth-order valence-corrected chi connectivity index (χ4v) is 2.85. The number of nitrogens with zero attached hydrogens (tertiary/aromatic N) is 1. The van der Waals surface area contributed by atoms with Crippen LogP contribution >= 0.6 is 11.3 Å². The number of methoxy groups -OCH3 is 1. The monoisotopic (exact) mass is 267 g/mol. The maximum Gasteiger partial charge on any atom is 0.413 e. The molecule has 5 nitrogen and oxygen atoms in total. The number of rotatable bonds is 2. The molecule has 1 aromatic rings. The first kappa shape index (κ1) is 12.9. The summed E-state index contributed by atoms with van der Waals surface area (Å²) in [5.41, 5.74) is 1.37. The van der Waals surface area contributed by atoms with Crippen molar-refractivity contribution in [2.75, 3.05) is 20.2 Å². The molecule has 6 heteroatoms. The Morgan fingerprint density at radius 1 is 1.72 bits per heavy atom. The summed E-state index contributed by atoms with van der Waals surface area (Å²) in [5.74, 6) is 0.879. The summed E-state index contributed by atoms with van der Waals surface area (Å²) in [7, 11) is 1.33. The van der Waals surface area contributed by atoms with Gasteiger partial charge in [0.15, 0.2) is 0 Å². The predicted octanol–water partition coefficient (Wildman–Crippen LogP) is 1.71. The maximum atomic E-state index is 11.0. The molecule has 18 heavy (non-hydrogen) atoms. The topological polar surface area (TPSA) is 62.7 Å². The van der Waals surface area contributed by atoms with E-state index >= 15 is 0 Å². The van der Waals surface area contributed by atoms with E-state index in [1.807, 2.05) is 0 Å². The maximum absolute atomic E-state index is 11.0. The Labute approximate surface area is 110 Å². The first-order valence-electron chi connectivity index (χ1n) is 5.93. The molecule has 0 saturated carbocycles. The third-order valence-corrected chi connectivity index (χ3v) is 4.02. The molecule has 1 aromatic heterocycles. The van der Waals surface area contributed by atoms with Crippen LogP contribution in [0.2, 0.25) is 0 Å².